The van der Waals surface area contributed by atoms with Gasteiger partial charge >= 0.3 is 12.0 Å². The van der Waals surface area contributed by atoms with Gasteiger partial charge in [-0.3, -0.25) is 5.32 Å². The van der Waals surface area contributed by atoms with Gasteiger partial charge in [0, 0.05) is 5.54 Å². The fraction of sp³-hybridized carbons (Fsp3) is 0.571. The summed E-state index contributed by atoms with van der Waals surface area (Å²) in [6, 6.07) is 1.09. The van der Waals surface area contributed by atoms with Crippen molar-refractivity contribution in [3.8, 4) is 0 Å². The lowest BCUT2D eigenvalue weighted by atomic mass is 9.82. The lowest BCUT2D eigenvalue weighted by molar-refractivity contribution is 0.0698. The maximum absolute atomic E-state index is 12.0. The third-order valence-electron chi connectivity index (χ3n) is 2.55. The van der Waals surface area contributed by atoms with E-state index in [-0.39, 0.29) is 22.5 Å². The molecule has 3 N–H and O–H groups in total. The van der Waals surface area contributed by atoms with Crippen LogP contribution in [0.1, 0.15) is 51.4 Å². The minimum atomic E-state index is -1.05. The standard InChI is InChI=1S/C14H22N2O3S/c1-13(2,3)8-14(4,5)16-12(19)15-10-9(11(17)18)6-7-20-10/h6-7H,8H2,1-5H3,(H,17,18)(H2,15,16,19). The Bertz CT molecular complexity index is 501. The molecular formula is C14H22N2O3S. The van der Waals surface area contributed by atoms with Gasteiger partial charge in [-0.05, 0) is 37.1 Å². The molecule has 0 aliphatic carbocycles. The van der Waals surface area contributed by atoms with Crippen LogP contribution in [0.4, 0.5) is 9.80 Å². The third kappa shape index (κ3) is 5.21. The van der Waals surface area contributed by atoms with E-state index in [1.165, 1.54) is 17.4 Å². The van der Waals surface area contributed by atoms with Gasteiger partial charge < -0.3 is 10.4 Å². The second-order valence-corrected chi connectivity index (χ2v) is 7.59. The third-order valence-corrected chi connectivity index (χ3v) is 3.38. The summed E-state index contributed by atoms with van der Waals surface area (Å²) in [6.07, 6.45) is 0.809. The van der Waals surface area contributed by atoms with Crippen molar-refractivity contribution in [2.45, 2.75) is 46.6 Å². The zero-order chi connectivity index (χ0) is 15.6. The molecule has 1 heterocycles. The molecule has 5 nitrogen and oxygen atoms in total. The predicted molar refractivity (Wildman–Crippen MR) is 81.6 cm³/mol. The number of carbonyl (C=O) groups excluding carboxylic acids is 1. The van der Waals surface area contributed by atoms with E-state index >= 15 is 0 Å². The molecule has 6 heteroatoms. The van der Waals surface area contributed by atoms with E-state index in [1.807, 2.05) is 13.8 Å². The van der Waals surface area contributed by atoms with Crippen molar-refractivity contribution < 1.29 is 14.7 Å². The molecule has 0 aromatic carbocycles. The van der Waals surface area contributed by atoms with Crippen LogP contribution in [0.3, 0.4) is 0 Å². The number of aromatic carboxylic acids is 1. The summed E-state index contributed by atoms with van der Waals surface area (Å²) in [5.74, 6) is -1.05. The normalized spacial score (nSPS) is 12.1. The molecule has 0 spiro atoms. The summed E-state index contributed by atoms with van der Waals surface area (Å²) in [4.78, 5) is 23.0. The number of nitrogens with one attached hydrogen (secondary N) is 2. The van der Waals surface area contributed by atoms with Gasteiger partial charge in [0.2, 0.25) is 0 Å². The highest BCUT2D eigenvalue weighted by molar-refractivity contribution is 7.14. The Labute approximate surface area is 123 Å². The van der Waals surface area contributed by atoms with Crippen molar-refractivity contribution in [2.24, 2.45) is 5.41 Å². The molecule has 1 rings (SSSR count). The van der Waals surface area contributed by atoms with E-state index in [1.54, 1.807) is 5.38 Å². The number of hydrogen-bond donors (Lipinski definition) is 3. The van der Waals surface area contributed by atoms with Gasteiger partial charge in [-0.25, -0.2) is 9.59 Å². The number of thiophene rings is 1. The topological polar surface area (TPSA) is 78.4 Å². The molecule has 0 saturated heterocycles. The second kappa shape index (κ2) is 5.83. The maximum Gasteiger partial charge on any atom is 0.338 e. The van der Waals surface area contributed by atoms with Crippen LogP contribution in [0.2, 0.25) is 0 Å². The molecule has 112 valence electrons. The molecule has 1 aromatic heterocycles. The van der Waals surface area contributed by atoms with Crippen LogP contribution < -0.4 is 10.6 Å². The second-order valence-electron chi connectivity index (χ2n) is 6.67. The highest BCUT2D eigenvalue weighted by Gasteiger charge is 2.27. The number of anilines is 1. The van der Waals surface area contributed by atoms with E-state index < -0.39 is 5.97 Å². The molecule has 0 aliphatic rings. The molecule has 0 bridgehead atoms. The summed E-state index contributed by atoms with van der Waals surface area (Å²) in [7, 11) is 0. The molecule has 2 amide bonds. The van der Waals surface area contributed by atoms with Crippen molar-refractivity contribution in [1.82, 2.24) is 5.32 Å². The van der Waals surface area contributed by atoms with Crippen LogP contribution in [-0.4, -0.2) is 22.6 Å². The van der Waals surface area contributed by atoms with Crippen LogP contribution in [0, 0.1) is 5.41 Å². The van der Waals surface area contributed by atoms with Gasteiger partial charge in [0.25, 0.3) is 0 Å². The highest BCUT2D eigenvalue weighted by atomic mass is 32.1. The smallest absolute Gasteiger partial charge is 0.338 e. The highest BCUT2D eigenvalue weighted by Crippen LogP contribution is 2.27. The first-order valence-electron chi connectivity index (χ1n) is 6.40. The van der Waals surface area contributed by atoms with Crippen LogP contribution in [0.5, 0.6) is 0 Å². The Morgan fingerprint density at radius 1 is 1.25 bits per heavy atom. The molecule has 0 saturated carbocycles. The van der Waals surface area contributed by atoms with Crippen molar-refractivity contribution in [1.29, 1.82) is 0 Å². The molecule has 0 unspecified atom stereocenters. The van der Waals surface area contributed by atoms with E-state index in [4.69, 9.17) is 5.11 Å². The first kappa shape index (κ1) is 16.5. The number of amides is 2. The zero-order valence-electron chi connectivity index (χ0n) is 12.5. The average molecular weight is 298 g/mol. The molecule has 1 aromatic rings. The number of carboxylic acids is 1. The van der Waals surface area contributed by atoms with E-state index in [0.717, 1.165) is 6.42 Å². The van der Waals surface area contributed by atoms with Crippen molar-refractivity contribution >= 4 is 28.3 Å². The largest absolute Gasteiger partial charge is 0.478 e. The Kier molecular flexibility index (Phi) is 4.81. The maximum atomic E-state index is 12.0. The summed E-state index contributed by atoms with van der Waals surface area (Å²) in [5.41, 5.74) is -0.173. The quantitative estimate of drug-likeness (QED) is 0.791. The average Bonchev–Trinajstić information content (AvgIpc) is 2.59. The van der Waals surface area contributed by atoms with Gasteiger partial charge in [-0.1, -0.05) is 20.8 Å². The van der Waals surface area contributed by atoms with Crippen molar-refractivity contribution in [3.63, 3.8) is 0 Å². The minimum absolute atomic E-state index is 0.0892. The van der Waals surface area contributed by atoms with Crippen LogP contribution >= 0.6 is 11.3 Å². The molecule has 0 radical (unpaired) electrons. The summed E-state index contributed by atoms with van der Waals surface area (Å²) >= 11 is 1.19. The lowest BCUT2D eigenvalue weighted by Gasteiger charge is -2.33. The molecule has 0 atom stereocenters. The molecular weight excluding hydrogens is 276 g/mol. The van der Waals surface area contributed by atoms with E-state index in [9.17, 15) is 9.59 Å². The molecule has 0 aliphatic heterocycles. The Hall–Kier alpha value is -1.56. The van der Waals surface area contributed by atoms with Gasteiger partial charge in [-0.2, -0.15) is 0 Å². The van der Waals surface area contributed by atoms with E-state index in [2.05, 4.69) is 31.4 Å². The van der Waals surface area contributed by atoms with Crippen molar-refractivity contribution in [2.75, 3.05) is 5.32 Å². The number of carbonyl (C=O) groups is 2. The number of rotatable bonds is 4. The Balaban J connectivity index is 2.68. The van der Waals surface area contributed by atoms with Crippen LogP contribution in [-0.2, 0) is 0 Å². The van der Waals surface area contributed by atoms with E-state index in [0.29, 0.717) is 5.00 Å². The number of carboxylic acid groups (broad SMARTS) is 1. The molecule has 0 fully saturated rings. The monoisotopic (exact) mass is 298 g/mol. The van der Waals surface area contributed by atoms with Crippen molar-refractivity contribution in [3.05, 3.63) is 17.0 Å². The first-order chi connectivity index (χ1) is 9.00. The predicted octanol–water partition coefficient (Wildman–Crippen LogP) is 3.78. The Morgan fingerprint density at radius 3 is 2.35 bits per heavy atom. The SMILES string of the molecule is CC(C)(C)CC(C)(C)NC(=O)Nc1sccc1C(=O)O. The summed E-state index contributed by atoms with van der Waals surface area (Å²) in [6.45, 7) is 10.2. The number of hydrogen-bond acceptors (Lipinski definition) is 3. The van der Waals surface area contributed by atoms with Crippen LogP contribution in [0.25, 0.3) is 0 Å². The minimum Gasteiger partial charge on any atom is -0.478 e. The van der Waals surface area contributed by atoms with Gasteiger partial charge in [-0.15, -0.1) is 11.3 Å². The molecule has 20 heavy (non-hydrogen) atoms. The van der Waals surface area contributed by atoms with Crippen LogP contribution in [0.15, 0.2) is 11.4 Å². The Morgan fingerprint density at radius 2 is 1.85 bits per heavy atom. The number of urea groups is 1. The fourth-order valence-corrected chi connectivity index (χ4v) is 3.16. The summed E-state index contributed by atoms with van der Waals surface area (Å²) < 4.78 is 0. The first-order valence-corrected chi connectivity index (χ1v) is 7.28. The van der Waals surface area contributed by atoms with Gasteiger partial charge in [0.1, 0.15) is 5.00 Å². The summed E-state index contributed by atoms with van der Waals surface area (Å²) in [5, 5.41) is 16.5. The fourth-order valence-electron chi connectivity index (χ4n) is 2.39. The zero-order valence-corrected chi connectivity index (χ0v) is 13.4. The van der Waals surface area contributed by atoms with Gasteiger partial charge in [0.05, 0.1) is 5.56 Å². The lowest BCUT2D eigenvalue weighted by Crippen LogP contribution is -2.47. The van der Waals surface area contributed by atoms with Gasteiger partial charge in [0.15, 0.2) is 0 Å².